The molecule has 7 aromatic carbocycles. The quantitative estimate of drug-likeness (QED) is 0.166. The number of furan rings is 2. The largest absolute Gasteiger partial charge is 0.456 e. The lowest BCUT2D eigenvalue weighted by molar-refractivity contribution is 0.590. The van der Waals surface area contributed by atoms with E-state index >= 15 is 0 Å². The van der Waals surface area contributed by atoms with Crippen LogP contribution in [0.3, 0.4) is 0 Å². The normalized spacial score (nSPS) is 13.7. The number of anilines is 3. The maximum Gasteiger partial charge on any atom is 0.336 e. The highest BCUT2D eigenvalue weighted by Gasteiger charge is 2.46. The second kappa shape index (κ2) is 11.1. The molecule has 57 heavy (non-hydrogen) atoms. The summed E-state index contributed by atoms with van der Waals surface area (Å²) in [4.78, 5) is 2.59. The monoisotopic (exact) mass is 736 g/mol. The molecule has 0 N–H and O–H groups in total. The van der Waals surface area contributed by atoms with E-state index in [1.807, 2.05) is 0 Å². The number of rotatable bonds is 2. The number of nitrogens with zero attached hydrogens (tertiary/aromatic N) is 2. The van der Waals surface area contributed by atoms with Crippen LogP contribution in [0, 0.1) is 0 Å². The predicted molar refractivity (Wildman–Crippen MR) is 240 cm³/mol. The highest BCUT2D eigenvalue weighted by atomic mass is 16.3. The Bertz CT molecular complexity index is 3330. The molecular formula is C52H41BN2O2. The summed E-state index contributed by atoms with van der Waals surface area (Å²) in [5.41, 5.74) is 18.2. The molecular weight excluding hydrogens is 695 g/mol. The van der Waals surface area contributed by atoms with Crippen LogP contribution in [0.15, 0.2) is 148 Å². The average Bonchev–Trinajstić information content (AvgIpc) is 3.88. The van der Waals surface area contributed by atoms with Crippen molar-refractivity contribution in [2.45, 2.75) is 52.4 Å². The summed E-state index contributed by atoms with van der Waals surface area (Å²) < 4.78 is 16.2. The molecule has 0 aliphatic carbocycles. The van der Waals surface area contributed by atoms with Gasteiger partial charge in [0.25, 0.3) is 0 Å². The van der Waals surface area contributed by atoms with Gasteiger partial charge in [-0.1, -0.05) is 145 Å². The Labute approximate surface area is 332 Å². The number of benzene rings is 7. The van der Waals surface area contributed by atoms with E-state index in [1.165, 1.54) is 66.3 Å². The predicted octanol–water partition coefficient (Wildman–Crippen LogP) is 13.1. The zero-order valence-electron chi connectivity index (χ0n) is 33.1. The zero-order chi connectivity index (χ0) is 38.5. The van der Waals surface area contributed by atoms with Crippen LogP contribution < -0.4 is 15.8 Å². The molecule has 0 atom stereocenters. The number of aromatic nitrogens is 1. The van der Waals surface area contributed by atoms with Crippen molar-refractivity contribution in [3.8, 4) is 22.3 Å². The first kappa shape index (κ1) is 32.8. The van der Waals surface area contributed by atoms with Gasteiger partial charge >= 0.3 is 6.85 Å². The second-order valence-electron chi connectivity index (χ2n) is 18.1. The summed E-state index contributed by atoms with van der Waals surface area (Å²) in [7, 11) is 0. The third-order valence-corrected chi connectivity index (χ3v) is 12.7. The third kappa shape index (κ3) is 4.40. The van der Waals surface area contributed by atoms with E-state index in [0.717, 1.165) is 50.0 Å². The molecule has 2 aliphatic heterocycles. The van der Waals surface area contributed by atoms with Gasteiger partial charge in [0, 0.05) is 38.5 Å². The van der Waals surface area contributed by atoms with Gasteiger partial charge in [-0.3, -0.25) is 0 Å². The molecule has 0 fully saturated rings. The molecule has 2 aliphatic rings. The minimum absolute atomic E-state index is 0.0340. The molecule has 5 heterocycles. The standard InChI is InChI=1S/C52H41BN2O2/c1-51(2,3)31-23-25-40(37(27-31)30-15-8-7-9-16-30)54-41-29-32(52(4,5)6)28-38-33-19-14-20-36-45-34-17-10-13-22-43(34)57-50(45)55(48(33)36)53(47(38)41)39-24-26-44-46(49(39)54)35-18-11-12-21-42(35)56-44/h7-29H,1-6H3. The molecule has 0 radical (unpaired) electrons. The van der Waals surface area contributed by atoms with Gasteiger partial charge in [-0.15, -0.1) is 0 Å². The molecule has 0 bridgehead atoms. The Morgan fingerprint density at radius 1 is 0.491 bits per heavy atom. The van der Waals surface area contributed by atoms with Crippen molar-refractivity contribution in [1.29, 1.82) is 0 Å². The zero-order valence-corrected chi connectivity index (χ0v) is 33.1. The minimum atomic E-state index is -0.155. The summed E-state index contributed by atoms with van der Waals surface area (Å²) in [6.07, 6.45) is 0. The van der Waals surface area contributed by atoms with Crippen molar-refractivity contribution in [2.24, 2.45) is 0 Å². The minimum Gasteiger partial charge on any atom is -0.456 e. The van der Waals surface area contributed by atoms with Gasteiger partial charge in [0.2, 0.25) is 0 Å². The molecule has 0 amide bonds. The molecule has 0 saturated carbocycles. The van der Waals surface area contributed by atoms with Crippen LogP contribution in [0.2, 0.25) is 0 Å². The first-order valence-electron chi connectivity index (χ1n) is 20.1. The van der Waals surface area contributed by atoms with E-state index in [0.29, 0.717) is 0 Å². The molecule has 0 unspecified atom stereocenters. The maximum absolute atomic E-state index is 6.96. The first-order valence-corrected chi connectivity index (χ1v) is 20.1. The summed E-state index contributed by atoms with van der Waals surface area (Å²) in [5, 5.41) is 5.79. The van der Waals surface area contributed by atoms with E-state index in [9.17, 15) is 0 Å². The number of hydrogen-bond acceptors (Lipinski definition) is 3. The summed E-state index contributed by atoms with van der Waals surface area (Å²) in [6.45, 7) is 13.8. The lowest BCUT2D eigenvalue weighted by atomic mass is 9.44. The van der Waals surface area contributed by atoms with E-state index in [4.69, 9.17) is 8.83 Å². The summed E-state index contributed by atoms with van der Waals surface area (Å²) >= 11 is 0. The fourth-order valence-electron chi connectivity index (χ4n) is 9.92. The molecule has 0 saturated heterocycles. The van der Waals surface area contributed by atoms with Crippen molar-refractivity contribution in [3.05, 3.63) is 151 Å². The molecule has 0 spiro atoms. The van der Waals surface area contributed by atoms with E-state index in [1.54, 1.807) is 0 Å². The van der Waals surface area contributed by atoms with Crippen LogP contribution in [0.1, 0.15) is 52.7 Å². The van der Waals surface area contributed by atoms with Crippen LogP contribution in [-0.4, -0.2) is 11.3 Å². The summed E-state index contributed by atoms with van der Waals surface area (Å²) in [6, 6.07) is 51.3. The molecule has 274 valence electrons. The van der Waals surface area contributed by atoms with Gasteiger partial charge in [-0.25, -0.2) is 0 Å². The number of hydrogen-bond donors (Lipinski definition) is 0. The highest BCUT2D eigenvalue weighted by molar-refractivity contribution is 6.90. The van der Waals surface area contributed by atoms with E-state index in [2.05, 4.69) is 190 Å². The fourth-order valence-corrected chi connectivity index (χ4v) is 9.92. The fraction of sp³-hybridized carbons (Fsp3) is 0.154. The van der Waals surface area contributed by atoms with Crippen LogP contribution in [0.4, 0.5) is 17.1 Å². The summed E-state index contributed by atoms with van der Waals surface area (Å²) in [5.74, 6) is 0. The Kier molecular flexibility index (Phi) is 6.38. The van der Waals surface area contributed by atoms with Crippen molar-refractivity contribution < 1.29 is 8.83 Å². The van der Waals surface area contributed by atoms with Gasteiger partial charge in [-0.05, 0) is 80.4 Å². The van der Waals surface area contributed by atoms with Crippen molar-refractivity contribution in [3.63, 3.8) is 0 Å². The van der Waals surface area contributed by atoms with Crippen molar-refractivity contribution in [2.75, 3.05) is 4.90 Å². The van der Waals surface area contributed by atoms with Crippen LogP contribution >= 0.6 is 0 Å². The third-order valence-electron chi connectivity index (χ3n) is 12.7. The second-order valence-corrected chi connectivity index (χ2v) is 18.1. The lowest BCUT2D eigenvalue weighted by Gasteiger charge is -2.42. The lowest BCUT2D eigenvalue weighted by Crippen LogP contribution is -2.56. The van der Waals surface area contributed by atoms with Gasteiger partial charge in [-0.2, -0.15) is 0 Å². The van der Waals surface area contributed by atoms with Gasteiger partial charge < -0.3 is 18.2 Å². The Morgan fingerprint density at radius 2 is 1.16 bits per heavy atom. The smallest absolute Gasteiger partial charge is 0.336 e. The van der Waals surface area contributed by atoms with Crippen molar-refractivity contribution >= 4 is 89.7 Å². The average molecular weight is 737 g/mol. The number of fused-ring (bicyclic) bond motifs is 13. The van der Waals surface area contributed by atoms with E-state index in [-0.39, 0.29) is 17.7 Å². The van der Waals surface area contributed by atoms with E-state index < -0.39 is 0 Å². The van der Waals surface area contributed by atoms with Crippen LogP contribution in [0.25, 0.3) is 77.2 Å². The topological polar surface area (TPSA) is 34.5 Å². The first-order chi connectivity index (χ1) is 27.6. The maximum atomic E-state index is 6.96. The molecule has 5 heteroatoms. The van der Waals surface area contributed by atoms with Gasteiger partial charge in [0.15, 0.2) is 5.71 Å². The van der Waals surface area contributed by atoms with Crippen LogP contribution in [-0.2, 0) is 10.8 Å². The molecule has 4 nitrogen and oxygen atoms in total. The van der Waals surface area contributed by atoms with Gasteiger partial charge in [0.05, 0.1) is 22.1 Å². The van der Waals surface area contributed by atoms with Gasteiger partial charge in [0.1, 0.15) is 16.7 Å². The SMILES string of the molecule is CC(C)(C)c1ccc(N2c3cc(C(C)(C)C)cc4c3B(c3ccc5oc6ccccc6c5c32)n2c3oc5ccccc5c3c3cccc-4c32)c(-c2ccccc2)c1. The Balaban J connectivity index is 1.30. The number of para-hydroxylation sites is 3. The highest BCUT2D eigenvalue weighted by Crippen LogP contribution is 2.52. The van der Waals surface area contributed by atoms with Crippen LogP contribution in [0.5, 0.6) is 0 Å². The molecule has 10 aromatic rings. The molecule has 3 aromatic heterocycles. The molecule has 12 rings (SSSR count). The van der Waals surface area contributed by atoms with Crippen molar-refractivity contribution in [1.82, 2.24) is 4.48 Å². The Morgan fingerprint density at radius 3 is 1.91 bits per heavy atom. The Hall–Kier alpha value is -6.46.